The summed E-state index contributed by atoms with van der Waals surface area (Å²) in [6.07, 6.45) is 4.10. The van der Waals surface area contributed by atoms with Gasteiger partial charge in [-0.25, -0.2) is 0 Å². The largest absolute Gasteiger partial charge is 0.371 e. The molecule has 0 fully saturated rings. The van der Waals surface area contributed by atoms with E-state index in [1.165, 1.54) is 5.70 Å². The maximum absolute atomic E-state index is 4.30. The zero-order chi connectivity index (χ0) is 7.56. The second-order valence-corrected chi connectivity index (χ2v) is 2.60. The highest BCUT2D eigenvalue weighted by molar-refractivity contribution is 5.62. The first-order chi connectivity index (χ1) is 4.75. The summed E-state index contributed by atoms with van der Waals surface area (Å²) in [5.74, 6) is 0. The van der Waals surface area contributed by atoms with Crippen molar-refractivity contribution in [2.24, 2.45) is 4.99 Å². The summed E-state index contributed by atoms with van der Waals surface area (Å²) < 4.78 is 0. The van der Waals surface area contributed by atoms with Gasteiger partial charge in [-0.1, -0.05) is 6.08 Å². The van der Waals surface area contributed by atoms with Gasteiger partial charge in [0.1, 0.15) is 0 Å². The predicted octanol–water partition coefficient (Wildman–Crippen LogP) is 1.29. The zero-order valence-electron chi connectivity index (χ0n) is 6.83. The van der Waals surface area contributed by atoms with E-state index in [0.29, 0.717) is 6.04 Å². The van der Waals surface area contributed by atoms with Crippen molar-refractivity contribution < 1.29 is 0 Å². The first kappa shape index (κ1) is 7.32. The minimum Gasteiger partial charge on any atom is -0.371 e. The molecule has 0 bridgehead atoms. The van der Waals surface area contributed by atoms with Crippen molar-refractivity contribution in [1.82, 2.24) is 4.90 Å². The lowest BCUT2D eigenvalue weighted by atomic mass is 10.2. The SMILES string of the molecule is C/C=C1\C(C)N=CCN1C. The van der Waals surface area contributed by atoms with Gasteiger partial charge >= 0.3 is 0 Å². The Kier molecular flexibility index (Phi) is 2.10. The summed E-state index contributed by atoms with van der Waals surface area (Å²) in [6, 6.07) is 0.351. The molecule has 0 saturated carbocycles. The third kappa shape index (κ3) is 1.20. The lowest BCUT2D eigenvalue weighted by Gasteiger charge is -2.27. The predicted molar refractivity (Wildman–Crippen MR) is 44.3 cm³/mol. The Labute approximate surface area is 62.3 Å². The molecule has 2 nitrogen and oxygen atoms in total. The number of aliphatic imine (C=N–C) groups is 1. The van der Waals surface area contributed by atoms with E-state index in [4.69, 9.17) is 0 Å². The van der Waals surface area contributed by atoms with Crippen molar-refractivity contribution in [2.45, 2.75) is 19.9 Å². The molecule has 0 aromatic heterocycles. The van der Waals surface area contributed by atoms with Crippen LogP contribution in [0.2, 0.25) is 0 Å². The molecular weight excluding hydrogens is 124 g/mol. The molecule has 1 heterocycles. The van der Waals surface area contributed by atoms with E-state index in [9.17, 15) is 0 Å². The number of allylic oxidation sites excluding steroid dienone is 1. The summed E-state index contributed by atoms with van der Waals surface area (Å²) in [5, 5.41) is 0. The number of hydrogen-bond acceptors (Lipinski definition) is 2. The summed E-state index contributed by atoms with van der Waals surface area (Å²) in [4.78, 5) is 6.52. The average Bonchev–Trinajstić information content (AvgIpc) is 1.88. The van der Waals surface area contributed by atoms with E-state index in [1.54, 1.807) is 0 Å². The van der Waals surface area contributed by atoms with E-state index in [2.05, 4.69) is 36.9 Å². The molecule has 1 unspecified atom stereocenters. The van der Waals surface area contributed by atoms with Gasteiger partial charge in [0.2, 0.25) is 0 Å². The molecule has 0 aromatic rings. The minimum atomic E-state index is 0.351. The summed E-state index contributed by atoms with van der Waals surface area (Å²) >= 11 is 0. The fourth-order valence-electron chi connectivity index (χ4n) is 1.29. The fourth-order valence-corrected chi connectivity index (χ4v) is 1.29. The number of hydrogen-bond donors (Lipinski definition) is 0. The molecule has 1 atom stereocenters. The molecule has 56 valence electrons. The van der Waals surface area contributed by atoms with Gasteiger partial charge in [-0.05, 0) is 13.8 Å². The van der Waals surface area contributed by atoms with Crippen LogP contribution in [0.25, 0.3) is 0 Å². The first-order valence-electron chi connectivity index (χ1n) is 3.64. The van der Waals surface area contributed by atoms with Crippen molar-refractivity contribution >= 4 is 6.21 Å². The fraction of sp³-hybridized carbons (Fsp3) is 0.625. The maximum Gasteiger partial charge on any atom is 0.0861 e. The van der Waals surface area contributed by atoms with Gasteiger partial charge in [-0.15, -0.1) is 0 Å². The van der Waals surface area contributed by atoms with Crippen LogP contribution >= 0.6 is 0 Å². The second-order valence-electron chi connectivity index (χ2n) is 2.60. The van der Waals surface area contributed by atoms with Crippen LogP contribution < -0.4 is 0 Å². The van der Waals surface area contributed by atoms with Crippen molar-refractivity contribution in [3.8, 4) is 0 Å². The van der Waals surface area contributed by atoms with Crippen LogP contribution in [0.5, 0.6) is 0 Å². The number of likely N-dealkylation sites (N-methyl/N-ethyl adjacent to an activating group) is 1. The Balaban J connectivity index is 2.78. The minimum absolute atomic E-state index is 0.351. The normalized spacial score (nSPS) is 29.7. The molecule has 0 aromatic carbocycles. The van der Waals surface area contributed by atoms with Crippen molar-refractivity contribution in [3.05, 3.63) is 11.8 Å². The van der Waals surface area contributed by atoms with Gasteiger partial charge in [0.05, 0.1) is 12.6 Å². The lowest BCUT2D eigenvalue weighted by molar-refractivity contribution is 0.429. The topological polar surface area (TPSA) is 15.6 Å². The van der Waals surface area contributed by atoms with E-state index >= 15 is 0 Å². The monoisotopic (exact) mass is 138 g/mol. The van der Waals surface area contributed by atoms with E-state index < -0.39 is 0 Å². The quantitative estimate of drug-likeness (QED) is 0.492. The maximum atomic E-state index is 4.30. The van der Waals surface area contributed by atoms with E-state index in [-0.39, 0.29) is 0 Å². The highest BCUT2D eigenvalue weighted by Crippen LogP contribution is 2.12. The molecule has 1 rings (SSSR count). The number of nitrogens with zero attached hydrogens (tertiary/aromatic N) is 2. The standard InChI is InChI=1S/C8H14N2/c1-4-8-7(2)9-5-6-10(8)3/h4-5,7H,6H2,1-3H3/b8-4+. The molecular formula is C8H14N2. The zero-order valence-corrected chi connectivity index (χ0v) is 6.83. The Morgan fingerprint density at radius 2 is 2.50 bits per heavy atom. The van der Waals surface area contributed by atoms with Crippen LogP contribution in [0.4, 0.5) is 0 Å². The van der Waals surface area contributed by atoms with Crippen LogP contribution in [-0.4, -0.2) is 30.7 Å². The molecule has 0 radical (unpaired) electrons. The highest BCUT2D eigenvalue weighted by atomic mass is 15.2. The third-order valence-electron chi connectivity index (χ3n) is 1.85. The van der Waals surface area contributed by atoms with E-state index in [1.807, 2.05) is 6.21 Å². The van der Waals surface area contributed by atoms with Crippen LogP contribution in [0.15, 0.2) is 16.8 Å². The second kappa shape index (κ2) is 2.86. The van der Waals surface area contributed by atoms with Crippen LogP contribution in [0.3, 0.4) is 0 Å². The molecule has 0 spiro atoms. The Morgan fingerprint density at radius 1 is 1.80 bits per heavy atom. The summed E-state index contributed by atoms with van der Waals surface area (Å²) in [7, 11) is 2.09. The lowest BCUT2D eigenvalue weighted by Crippen LogP contribution is -2.30. The van der Waals surface area contributed by atoms with Gasteiger partial charge in [0.15, 0.2) is 0 Å². The van der Waals surface area contributed by atoms with Gasteiger partial charge in [-0.2, -0.15) is 0 Å². The Bertz CT molecular complexity index is 170. The van der Waals surface area contributed by atoms with Gasteiger partial charge in [-0.3, -0.25) is 4.99 Å². The Hall–Kier alpha value is -0.790. The smallest absolute Gasteiger partial charge is 0.0861 e. The molecule has 10 heavy (non-hydrogen) atoms. The molecule has 0 saturated heterocycles. The van der Waals surface area contributed by atoms with Crippen molar-refractivity contribution in [1.29, 1.82) is 0 Å². The molecule has 1 aliphatic rings. The third-order valence-corrected chi connectivity index (χ3v) is 1.85. The summed E-state index contributed by atoms with van der Waals surface area (Å²) in [6.45, 7) is 5.12. The molecule has 0 amide bonds. The number of rotatable bonds is 0. The van der Waals surface area contributed by atoms with Gasteiger partial charge < -0.3 is 4.90 Å². The van der Waals surface area contributed by atoms with Gasteiger partial charge in [0, 0.05) is 19.0 Å². The van der Waals surface area contributed by atoms with Gasteiger partial charge in [0.25, 0.3) is 0 Å². The van der Waals surface area contributed by atoms with Crippen LogP contribution in [0, 0.1) is 0 Å². The molecule has 0 aliphatic carbocycles. The highest BCUT2D eigenvalue weighted by Gasteiger charge is 2.12. The first-order valence-corrected chi connectivity index (χ1v) is 3.64. The molecule has 1 aliphatic heterocycles. The average molecular weight is 138 g/mol. The van der Waals surface area contributed by atoms with Crippen molar-refractivity contribution in [3.63, 3.8) is 0 Å². The van der Waals surface area contributed by atoms with Crippen molar-refractivity contribution in [2.75, 3.05) is 13.6 Å². The molecule has 2 heteroatoms. The summed E-state index contributed by atoms with van der Waals surface area (Å²) in [5.41, 5.74) is 1.32. The molecule has 0 N–H and O–H groups in total. The van der Waals surface area contributed by atoms with Crippen LogP contribution in [0.1, 0.15) is 13.8 Å². The van der Waals surface area contributed by atoms with E-state index in [0.717, 1.165) is 6.54 Å². The Morgan fingerprint density at radius 3 is 2.90 bits per heavy atom. The van der Waals surface area contributed by atoms with Crippen LogP contribution in [-0.2, 0) is 0 Å².